The molecule has 17 heavy (non-hydrogen) atoms. The first-order valence-electron chi connectivity index (χ1n) is 6.69. The van der Waals surface area contributed by atoms with Crippen LogP contribution in [0, 0.1) is 5.92 Å². The maximum absolute atomic E-state index is 5.70. The first-order chi connectivity index (χ1) is 8.13. The second-order valence-electron chi connectivity index (χ2n) is 5.04. The Labute approximate surface area is 106 Å². The van der Waals surface area contributed by atoms with E-state index < -0.39 is 0 Å². The lowest BCUT2D eigenvalue weighted by Crippen LogP contribution is -2.33. The van der Waals surface area contributed by atoms with E-state index in [0.717, 1.165) is 12.8 Å². The topological polar surface area (TPSA) is 38.0 Å². The molecule has 1 aromatic carbocycles. The monoisotopic (exact) mass is 234 g/mol. The quantitative estimate of drug-likeness (QED) is 0.581. The van der Waals surface area contributed by atoms with E-state index in [4.69, 9.17) is 5.84 Å². The van der Waals surface area contributed by atoms with Crippen molar-refractivity contribution in [1.82, 2.24) is 5.43 Å². The third-order valence-corrected chi connectivity index (χ3v) is 3.66. The Kier molecular flexibility index (Phi) is 5.66. The summed E-state index contributed by atoms with van der Waals surface area (Å²) in [5.74, 6) is 6.89. The van der Waals surface area contributed by atoms with Gasteiger partial charge in [0.05, 0.1) is 0 Å². The maximum atomic E-state index is 5.70. The van der Waals surface area contributed by atoms with Crippen LogP contribution in [0.5, 0.6) is 0 Å². The molecule has 0 aliphatic rings. The van der Waals surface area contributed by atoms with Crippen LogP contribution in [0.25, 0.3) is 0 Å². The van der Waals surface area contributed by atoms with Gasteiger partial charge in [0, 0.05) is 6.04 Å². The SMILES string of the molecule is CCC(CC)C(NN)c1ccc(C(C)C)cc1. The standard InChI is InChI=1S/C15H26N2/c1-5-12(6-2)15(17-16)14-9-7-13(8-10-14)11(3)4/h7-12,15,17H,5-6,16H2,1-4H3. The van der Waals surface area contributed by atoms with Gasteiger partial charge in [0.2, 0.25) is 0 Å². The molecule has 3 N–H and O–H groups in total. The van der Waals surface area contributed by atoms with Gasteiger partial charge in [-0.2, -0.15) is 0 Å². The lowest BCUT2D eigenvalue weighted by Gasteiger charge is -2.25. The first-order valence-corrected chi connectivity index (χ1v) is 6.69. The zero-order chi connectivity index (χ0) is 12.8. The summed E-state index contributed by atoms with van der Waals surface area (Å²) in [7, 11) is 0. The Balaban J connectivity index is 2.89. The number of rotatable bonds is 6. The smallest absolute Gasteiger partial charge is 0.0487 e. The van der Waals surface area contributed by atoms with Gasteiger partial charge >= 0.3 is 0 Å². The van der Waals surface area contributed by atoms with E-state index >= 15 is 0 Å². The second-order valence-corrected chi connectivity index (χ2v) is 5.04. The van der Waals surface area contributed by atoms with Gasteiger partial charge in [-0.15, -0.1) is 0 Å². The van der Waals surface area contributed by atoms with Crippen molar-refractivity contribution < 1.29 is 0 Å². The van der Waals surface area contributed by atoms with Crippen molar-refractivity contribution in [2.24, 2.45) is 11.8 Å². The average Bonchev–Trinajstić information content (AvgIpc) is 2.36. The average molecular weight is 234 g/mol. The fourth-order valence-electron chi connectivity index (χ4n) is 2.35. The molecule has 0 spiro atoms. The Morgan fingerprint density at radius 2 is 1.47 bits per heavy atom. The van der Waals surface area contributed by atoms with Gasteiger partial charge in [-0.05, 0) is 23.0 Å². The molecular weight excluding hydrogens is 208 g/mol. The van der Waals surface area contributed by atoms with Gasteiger partial charge < -0.3 is 0 Å². The predicted octanol–water partition coefficient (Wildman–Crippen LogP) is 3.75. The van der Waals surface area contributed by atoms with E-state index in [1.165, 1.54) is 11.1 Å². The number of hydrogen-bond acceptors (Lipinski definition) is 2. The molecule has 0 heterocycles. The number of hydrogen-bond donors (Lipinski definition) is 2. The van der Waals surface area contributed by atoms with Crippen molar-refractivity contribution in [2.75, 3.05) is 0 Å². The minimum absolute atomic E-state index is 0.270. The highest BCUT2D eigenvalue weighted by atomic mass is 15.2. The predicted molar refractivity (Wildman–Crippen MR) is 74.7 cm³/mol. The number of nitrogens with one attached hydrogen (secondary N) is 1. The molecular formula is C15H26N2. The molecule has 96 valence electrons. The van der Waals surface area contributed by atoms with E-state index in [-0.39, 0.29) is 6.04 Å². The van der Waals surface area contributed by atoms with Crippen LogP contribution in [0.1, 0.15) is 63.6 Å². The summed E-state index contributed by atoms with van der Waals surface area (Å²) >= 11 is 0. The van der Waals surface area contributed by atoms with Crippen LogP contribution in [-0.2, 0) is 0 Å². The van der Waals surface area contributed by atoms with Gasteiger partial charge in [0.1, 0.15) is 0 Å². The molecule has 0 amide bonds. The summed E-state index contributed by atoms with van der Waals surface area (Å²) in [6, 6.07) is 9.11. The molecule has 0 fully saturated rings. The summed E-state index contributed by atoms with van der Waals surface area (Å²) < 4.78 is 0. The van der Waals surface area contributed by atoms with Gasteiger partial charge in [-0.1, -0.05) is 64.8 Å². The molecule has 2 nitrogen and oxygen atoms in total. The maximum Gasteiger partial charge on any atom is 0.0487 e. The third-order valence-electron chi connectivity index (χ3n) is 3.66. The summed E-state index contributed by atoms with van der Waals surface area (Å²) in [6.07, 6.45) is 2.30. The van der Waals surface area contributed by atoms with E-state index in [1.807, 2.05) is 0 Å². The van der Waals surface area contributed by atoms with Gasteiger partial charge in [0.15, 0.2) is 0 Å². The minimum atomic E-state index is 0.270. The molecule has 0 bridgehead atoms. The molecule has 1 atom stereocenters. The van der Waals surface area contributed by atoms with Crippen molar-refractivity contribution in [1.29, 1.82) is 0 Å². The minimum Gasteiger partial charge on any atom is -0.271 e. The lowest BCUT2D eigenvalue weighted by atomic mass is 9.88. The van der Waals surface area contributed by atoms with Crippen molar-refractivity contribution in [3.63, 3.8) is 0 Å². The van der Waals surface area contributed by atoms with Crippen molar-refractivity contribution in [3.05, 3.63) is 35.4 Å². The first kappa shape index (κ1) is 14.2. The van der Waals surface area contributed by atoms with Crippen LogP contribution in [0.3, 0.4) is 0 Å². The van der Waals surface area contributed by atoms with Crippen LogP contribution in [-0.4, -0.2) is 0 Å². The number of nitrogens with two attached hydrogens (primary N) is 1. The molecule has 0 radical (unpaired) electrons. The van der Waals surface area contributed by atoms with E-state index in [0.29, 0.717) is 11.8 Å². The van der Waals surface area contributed by atoms with Crippen LogP contribution in [0.2, 0.25) is 0 Å². The fraction of sp³-hybridized carbons (Fsp3) is 0.600. The Morgan fingerprint density at radius 1 is 1.00 bits per heavy atom. The van der Waals surface area contributed by atoms with Crippen molar-refractivity contribution in [2.45, 2.75) is 52.5 Å². The van der Waals surface area contributed by atoms with E-state index in [2.05, 4.69) is 57.4 Å². The molecule has 0 aliphatic carbocycles. The number of hydrazine groups is 1. The zero-order valence-electron chi connectivity index (χ0n) is 11.5. The van der Waals surface area contributed by atoms with Crippen LogP contribution in [0.15, 0.2) is 24.3 Å². The summed E-state index contributed by atoms with van der Waals surface area (Å²) in [5, 5.41) is 0. The van der Waals surface area contributed by atoms with Crippen LogP contribution < -0.4 is 11.3 Å². The normalized spacial score (nSPS) is 13.4. The van der Waals surface area contributed by atoms with Gasteiger partial charge in [-0.25, -0.2) is 0 Å². The summed E-state index contributed by atoms with van der Waals surface area (Å²) in [4.78, 5) is 0. The molecule has 0 saturated carbocycles. The molecule has 1 rings (SSSR count). The van der Waals surface area contributed by atoms with E-state index in [9.17, 15) is 0 Å². The molecule has 0 aromatic heterocycles. The third kappa shape index (κ3) is 3.55. The highest BCUT2D eigenvalue weighted by Gasteiger charge is 2.18. The fourth-order valence-corrected chi connectivity index (χ4v) is 2.35. The highest BCUT2D eigenvalue weighted by Crippen LogP contribution is 2.27. The Morgan fingerprint density at radius 3 is 1.82 bits per heavy atom. The Bertz CT molecular complexity index is 312. The zero-order valence-corrected chi connectivity index (χ0v) is 11.5. The van der Waals surface area contributed by atoms with Crippen LogP contribution >= 0.6 is 0 Å². The number of benzene rings is 1. The van der Waals surface area contributed by atoms with Gasteiger partial charge in [-0.3, -0.25) is 11.3 Å². The second kappa shape index (κ2) is 6.77. The summed E-state index contributed by atoms with van der Waals surface area (Å²) in [6.45, 7) is 8.88. The molecule has 1 aromatic rings. The van der Waals surface area contributed by atoms with Gasteiger partial charge in [0.25, 0.3) is 0 Å². The van der Waals surface area contributed by atoms with Crippen molar-refractivity contribution in [3.8, 4) is 0 Å². The van der Waals surface area contributed by atoms with Crippen molar-refractivity contribution >= 4 is 0 Å². The highest BCUT2D eigenvalue weighted by molar-refractivity contribution is 5.27. The molecule has 1 unspecified atom stereocenters. The molecule has 0 aliphatic heterocycles. The largest absolute Gasteiger partial charge is 0.271 e. The Hall–Kier alpha value is -0.860. The molecule has 2 heteroatoms. The van der Waals surface area contributed by atoms with E-state index in [1.54, 1.807) is 0 Å². The molecule has 0 saturated heterocycles. The van der Waals surface area contributed by atoms with Crippen LogP contribution in [0.4, 0.5) is 0 Å². The lowest BCUT2D eigenvalue weighted by molar-refractivity contribution is 0.345. The summed E-state index contributed by atoms with van der Waals surface area (Å²) in [5.41, 5.74) is 5.65.